The highest BCUT2D eigenvalue weighted by molar-refractivity contribution is 7.99. The van der Waals surface area contributed by atoms with Gasteiger partial charge in [-0.15, -0.1) is 11.8 Å². The van der Waals surface area contributed by atoms with E-state index >= 15 is 0 Å². The Hall–Kier alpha value is -1.12. The van der Waals surface area contributed by atoms with Gasteiger partial charge in [0.25, 0.3) is 0 Å². The fourth-order valence-electron chi connectivity index (χ4n) is 2.39. The highest BCUT2D eigenvalue weighted by atomic mass is 32.2. The molecule has 1 atom stereocenters. The Bertz CT molecular complexity index is 549. The van der Waals surface area contributed by atoms with Crippen LogP contribution in [-0.4, -0.2) is 17.3 Å². The monoisotopic (exact) mass is 294 g/mol. The van der Waals surface area contributed by atoms with Crippen LogP contribution in [0.25, 0.3) is 0 Å². The largest absolute Gasteiger partial charge is 0.296 e. The summed E-state index contributed by atoms with van der Waals surface area (Å²) in [5.41, 5.74) is -0.563. The van der Waals surface area contributed by atoms with E-state index in [4.69, 9.17) is 0 Å². The second kappa shape index (κ2) is 5.34. The van der Waals surface area contributed by atoms with Gasteiger partial charge in [-0.25, -0.2) is 8.78 Å². The number of hydrogen-bond donors (Lipinski definition) is 1. The summed E-state index contributed by atoms with van der Waals surface area (Å²) in [5.74, 6) is -0.252. The Morgan fingerprint density at radius 3 is 2.60 bits per heavy atom. The minimum absolute atomic E-state index is 0.365. The van der Waals surface area contributed by atoms with Crippen molar-refractivity contribution in [3.8, 4) is 6.07 Å². The first-order valence-corrected chi connectivity index (χ1v) is 7.88. The van der Waals surface area contributed by atoms with E-state index in [-0.39, 0.29) is 0 Å². The molecule has 5 heteroatoms. The number of thioether (sulfide) groups is 1. The lowest BCUT2D eigenvalue weighted by Gasteiger charge is -2.28. The van der Waals surface area contributed by atoms with Crippen molar-refractivity contribution in [1.82, 2.24) is 5.32 Å². The zero-order chi connectivity index (χ0) is 14.2. The van der Waals surface area contributed by atoms with Gasteiger partial charge in [0.2, 0.25) is 0 Å². The van der Waals surface area contributed by atoms with Crippen LogP contribution in [0.1, 0.15) is 25.7 Å². The molecule has 2 aliphatic rings. The van der Waals surface area contributed by atoms with Gasteiger partial charge < -0.3 is 0 Å². The minimum atomic E-state index is -0.573. The molecule has 1 aromatic carbocycles. The van der Waals surface area contributed by atoms with Gasteiger partial charge in [0, 0.05) is 22.8 Å². The van der Waals surface area contributed by atoms with Crippen molar-refractivity contribution in [3.63, 3.8) is 0 Å². The van der Waals surface area contributed by atoms with Crippen LogP contribution < -0.4 is 5.32 Å². The topological polar surface area (TPSA) is 35.8 Å². The maximum absolute atomic E-state index is 13.7. The van der Waals surface area contributed by atoms with Crippen LogP contribution in [0.3, 0.4) is 0 Å². The molecule has 0 spiro atoms. The second-order valence-electron chi connectivity index (χ2n) is 5.64. The molecule has 2 fully saturated rings. The molecular weight excluding hydrogens is 278 g/mol. The van der Waals surface area contributed by atoms with Gasteiger partial charge in [0.05, 0.1) is 6.07 Å². The summed E-state index contributed by atoms with van der Waals surface area (Å²) in [5, 5.41) is 13.0. The van der Waals surface area contributed by atoms with Crippen molar-refractivity contribution in [2.75, 3.05) is 5.75 Å². The molecule has 0 amide bonds. The predicted molar refractivity (Wildman–Crippen MR) is 74.3 cm³/mol. The third-order valence-electron chi connectivity index (χ3n) is 3.86. The Morgan fingerprint density at radius 2 is 2.05 bits per heavy atom. The van der Waals surface area contributed by atoms with Crippen molar-refractivity contribution in [1.29, 1.82) is 5.26 Å². The minimum Gasteiger partial charge on any atom is -0.296 e. The third kappa shape index (κ3) is 2.97. The summed E-state index contributed by atoms with van der Waals surface area (Å²) in [4.78, 5) is 0.407. The van der Waals surface area contributed by atoms with Crippen LogP contribution in [0.4, 0.5) is 8.78 Å². The Kier molecular flexibility index (Phi) is 3.70. The molecule has 3 rings (SSSR count). The van der Waals surface area contributed by atoms with Crippen LogP contribution in [0.2, 0.25) is 0 Å². The smallest absolute Gasteiger partial charge is 0.139 e. The van der Waals surface area contributed by atoms with Crippen LogP contribution >= 0.6 is 11.8 Å². The first-order chi connectivity index (χ1) is 9.63. The molecule has 1 N–H and O–H groups in total. The molecule has 2 aliphatic carbocycles. The lowest BCUT2D eigenvalue weighted by molar-refractivity contribution is 0.401. The van der Waals surface area contributed by atoms with Gasteiger partial charge in [-0.1, -0.05) is 0 Å². The number of rotatable bonds is 6. The molecule has 20 heavy (non-hydrogen) atoms. The molecule has 0 aliphatic heterocycles. The number of hydrogen-bond acceptors (Lipinski definition) is 3. The Balaban J connectivity index is 1.71. The van der Waals surface area contributed by atoms with Crippen LogP contribution in [0.5, 0.6) is 0 Å². The van der Waals surface area contributed by atoms with Gasteiger partial charge in [0.15, 0.2) is 0 Å². The molecule has 0 heterocycles. The molecule has 0 saturated heterocycles. The average molecular weight is 294 g/mol. The van der Waals surface area contributed by atoms with Gasteiger partial charge in [-0.05, 0) is 43.7 Å². The summed E-state index contributed by atoms with van der Waals surface area (Å²) < 4.78 is 26.5. The summed E-state index contributed by atoms with van der Waals surface area (Å²) >= 11 is 1.30. The number of nitrogens with one attached hydrogen (secondary N) is 1. The molecule has 1 unspecified atom stereocenters. The first-order valence-electron chi connectivity index (χ1n) is 6.90. The summed E-state index contributed by atoms with van der Waals surface area (Å²) in [6.45, 7) is 0. The van der Waals surface area contributed by atoms with E-state index in [1.165, 1.54) is 23.9 Å². The molecule has 2 nitrogen and oxygen atoms in total. The highest BCUT2D eigenvalue weighted by Gasteiger charge is 2.48. The number of halogens is 2. The fraction of sp³-hybridized carbons (Fsp3) is 0.533. The number of nitriles is 1. The first kappa shape index (κ1) is 13.8. The Morgan fingerprint density at radius 1 is 1.30 bits per heavy atom. The van der Waals surface area contributed by atoms with E-state index in [1.807, 2.05) is 0 Å². The zero-order valence-electron chi connectivity index (χ0n) is 11.0. The van der Waals surface area contributed by atoms with Crippen molar-refractivity contribution in [2.45, 2.75) is 42.2 Å². The fourth-order valence-corrected chi connectivity index (χ4v) is 3.51. The molecule has 0 radical (unpaired) electrons. The molecule has 0 bridgehead atoms. The molecule has 2 saturated carbocycles. The highest BCUT2D eigenvalue weighted by Crippen LogP contribution is 2.44. The SMILES string of the molecule is N#CC(CSc1ccc(F)cc1F)(NC1CC1)C1CC1. The van der Waals surface area contributed by atoms with Crippen LogP contribution in [-0.2, 0) is 0 Å². The van der Waals surface area contributed by atoms with E-state index in [0.29, 0.717) is 22.6 Å². The summed E-state index contributed by atoms with van der Waals surface area (Å²) in [6, 6.07) is 6.45. The third-order valence-corrected chi connectivity index (χ3v) is 5.10. The van der Waals surface area contributed by atoms with E-state index in [2.05, 4.69) is 11.4 Å². The molecule has 0 aromatic heterocycles. The maximum atomic E-state index is 13.7. The van der Waals surface area contributed by atoms with Crippen molar-refractivity contribution in [3.05, 3.63) is 29.8 Å². The van der Waals surface area contributed by atoms with E-state index in [0.717, 1.165) is 31.7 Å². The molecular formula is C15H16F2N2S. The predicted octanol–water partition coefficient (Wildman–Crippen LogP) is 3.48. The van der Waals surface area contributed by atoms with E-state index in [1.54, 1.807) is 0 Å². The lowest BCUT2D eigenvalue weighted by atomic mass is 9.97. The van der Waals surface area contributed by atoms with Crippen molar-refractivity contribution >= 4 is 11.8 Å². The quantitative estimate of drug-likeness (QED) is 0.816. The Labute approximate surface area is 121 Å². The van der Waals surface area contributed by atoms with E-state index in [9.17, 15) is 14.0 Å². The van der Waals surface area contributed by atoms with E-state index < -0.39 is 17.2 Å². The second-order valence-corrected chi connectivity index (χ2v) is 6.66. The van der Waals surface area contributed by atoms with Crippen molar-refractivity contribution in [2.24, 2.45) is 5.92 Å². The summed E-state index contributed by atoms with van der Waals surface area (Å²) in [6.07, 6.45) is 4.34. The summed E-state index contributed by atoms with van der Waals surface area (Å²) in [7, 11) is 0. The molecule has 1 aromatic rings. The van der Waals surface area contributed by atoms with Crippen LogP contribution in [0, 0.1) is 28.9 Å². The zero-order valence-corrected chi connectivity index (χ0v) is 11.9. The maximum Gasteiger partial charge on any atom is 0.139 e. The van der Waals surface area contributed by atoms with Gasteiger partial charge in [0.1, 0.15) is 17.2 Å². The normalized spacial score (nSPS) is 21.2. The van der Waals surface area contributed by atoms with Gasteiger partial charge in [-0.2, -0.15) is 5.26 Å². The van der Waals surface area contributed by atoms with Crippen LogP contribution in [0.15, 0.2) is 23.1 Å². The van der Waals surface area contributed by atoms with Gasteiger partial charge in [-0.3, -0.25) is 5.32 Å². The van der Waals surface area contributed by atoms with Crippen molar-refractivity contribution < 1.29 is 8.78 Å². The standard InChI is InChI=1S/C15H16F2N2S/c16-11-3-6-14(13(17)7-11)20-9-15(8-18,10-1-2-10)19-12-4-5-12/h3,6-7,10,12,19H,1-2,4-5,9H2. The lowest BCUT2D eigenvalue weighted by Crippen LogP contribution is -2.49. The van der Waals surface area contributed by atoms with Gasteiger partial charge >= 0.3 is 0 Å². The number of nitrogens with zero attached hydrogens (tertiary/aromatic N) is 1. The molecule has 106 valence electrons. The average Bonchev–Trinajstić information content (AvgIpc) is 3.28. The number of benzene rings is 1.